The fraction of sp³-hybridized carbons (Fsp3) is 0.308. The zero-order valence-electron chi connectivity index (χ0n) is 18.5. The minimum atomic E-state index is -0.0165. The molecule has 172 valence electrons. The van der Waals surface area contributed by atoms with Crippen molar-refractivity contribution in [3.05, 3.63) is 66.7 Å². The maximum atomic E-state index is 12.5. The van der Waals surface area contributed by atoms with E-state index in [1.807, 2.05) is 42.5 Å². The standard InChI is InChI=1S/C26H28N2O5/c29-23-7-3-4-8-24(23)33-18-12-26(31)28-15-13-27(14-16-28)25(30)11-17-32-22-10-9-20-5-1-2-6-21(20)19-22/h1-10,19,29H,11-18H2. The summed E-state index contributed by atoms with van der Waals surface area (Å²) in [5, 5.41) is 12.0. The third-order valence-corrected chi connectivity index (χ3v) is 5.73. The van der Waals surface area contributed by atoms with Crippen LogP contribution in [0.2, 0.25) is 0 Å². The van der Waals surface area contributed by atoms with Crippen LogP contribution in [0.25, 0.3) is 10.8 Å². The quantitative estimate of drug-likeness (QED) is 0.571. The Labute approximate surface area is 193 Å². The third-order valence-electron chi connectivity index (χ3n) is 5.73. The highest BCUT2D eigenvalue weighted by molar-refractivity contribution is 5.83. The van der Waals surface area contributed by atoms with Gasteiger partial charge in [0.1, 0.15) is 5.75 Å². The normalized spacial score (nSPS) is 13.7. The Hall–Kier alpha value is -3.74. The summed E-state index contributed by atoms with van der Waals surface area (Å²) in [6, 6.07) is 20.7. The van der Waals surface area contributed by atoms with Crippen LogP contribution in [-0.4, -0.2) is 66.1 Å². The number of phenols is 1. The predicted octanol–water partition coefficient (Wildman–Crippen LogP) is 3.45. The van der Waals surface area contributed by atoms with Crippen molar-refractivity contribution < 1.29 is 24.2 Å². The molecule has 1 aliphatic rings. The molecule has 4 rings (SSSR count). The number of benzene rings is 3. The number of para-hydroxylation sites is 2. The molecule has 0 unspecified atom stereocenters. The number of hydrogen-bond acceptors (Lipinski definition) is 5. The van der Waals surface area contributed by atoms with Gasteiger partial charge < -0.3 is 24.4 Å². The lowest BCUT2D eigenvalue weighted by Gasteiger charge is -2.35. The SMILES string of the molecule is O=C(CCOc1ccc2ccccc2c1)N1CCN(C(=O)CCOc2ccccc2O)CC1. The first-order chi connectivity index (χ1) is 16.1. The molecule has 0 radical (unpaired) electrons. The Morgan fingerprint density at radius 3 is 1.97 bits per heavy atom. The molecule has 0 bridgehead atoms. The average molecular weight is 449 g/mol. The zero-order valence-corrected chi connectivity index (χ0v) is 18.5. The van der Waals surface area contributed by atoms with Crippen LogP contribution in [0.5, 0.6) is 17.2 Å². The van der Waals surface area contributed by atoms with Crippen LogP contribution in [0.3, 0.4) is 0 Å². The van der Waals surface area contributed by atoms with E-state index in [2.05, 4.69) is 0 Å². The van der Waals surface area contributed by atoms with Crippen molar-refractivity contribution in [2.45, 2.75) is 12.8 Å². The molecule has 0 aromatic heterocycles. The smallest absolute Gasteiger partial charge is 0.226 e. The van der Waals surface area contributed by atoms with E-state index in [9.17, 15) is 14.7 Å². The molecule has 1 N–H and O–H groups in total. The molecule has 7 nitrogen and oxygen atoms in total. The summed E-state index contributed by atoms with van der Waals surface area (Å²) in [4.78, 5) is 28.5. The monoisotopic (exact) mass is 448 g/mol. The number of piperazine rings is 1. The van der Waals surface area contributed by atoms with Crippen LogP contribution in [0.15, 0.2) is 66.7 Å². The number of nitrogens with zero attached hydrogens (tertiary/aromatic N) is 2. The number of amides is 2. The Morgan fingerprint density at radius 2 is 1.30 bits per heavy atom. The van der Waals surface area contributed by atoms with Gasteiger partial charge in [0.15, 0.2) is 11.5 Å². The molecule has 1 saturated heterocycles. The highest BCUT2D eigenvalue weighted by atomic mass is 16.5. The van der Waals surface area contributed by atoms with Gasteiger partial charge in [0.2, 0.25) is 11.8 Å². The van der Waals surface area contributed by atoms with E-state index >= 15 is 0 Å². The summed E-state index contributed by atoms with van der Waals surface area (Å²) in [7, 11) is 0. The highest BCUT2D eigenvalue weighted by Crippen LogP contribution is 2.24. The second-order valence-corrected chi connectivity index (χ2v) is 7.94. The maximum absolute atomic E-state index is 12.5. The Kier molecular flexibility index (Phi) is 7.29. The van der Waals surface area contributed by atoms with E-state index in [1.165, 1.54) is 0 Å². The predicted molar refractivity (Wildman–Crippen MR) is 125 cm³/mol. The topological polar surface area (TPSA) is 79.3 Å². The molecule has 7 heteroatoms. The molecular formula is C26H28N2O5. The van der Waals surface area contributed by atoms with Gasteiger partial charge in [-0.05, 0) is 35.0 Å². The molecule has 0 spiro atoms. The summed E-state index contributed by atoms with van der Waals surface area (Å²) in [6.07, 6.45) is 0.525. The molecule has 0 atom stereocenters. The fourth-order valence-corrected chi connectivity index (χ4v) is 3.86. The van der Waals surface area contributed by atoms with Gasteiger partial charge in [-0.3, -0.25) is 9.59 Å². The molecule has 1 fully saturated rings. The van der Waals surface area contributed by atoms with E-state index in [4.69, 9.17) is 9.47 Å². The number of carbonyl (C=O) groups is 2. The Balaban J connectivity index is 1.15. The van der Waals surface area contributed by atoms with E-state index in [-0.39, 0.29) is 30.6 Å². The van der Waals surface area contributed by atoms with Crippen LogP contribution in [0.4, 0.5) is 0 Å². The first-order valence-corrected chi connectivity index (χ1v) is 11.2. The number of rotatable bonds is 8. The van der Waals surface area contributed by atoms with Gasteiger partial charge >= 0.3 is 0 Å². The van der Waals surface area contributed by atoms with Gasteiger partial charge in [-0.1, -0.05) is 42.5 Å². The van der Waals surface area contributed by atoms with E-state index in [0.717, 1.165) is 16.5 Å². The van der Waals surface area contributed by atoms with Gasteiger partial charge in [-0.2, -0.15) is 0 Å². The lowest BCUT2D eigenvalue weighted by Crippen LogP contribution is -2.51. The molecule has 0 saturated carbocycles. The minimum absolute atomic E-state index is 0.0165. The summed E-state index contributed by atoms with van der Waals surface area (Å²) < 4.78 is 11.3. The number of phenolic OH excluding ortho intramolecular Hbond substituents is 1. The molecule has 2 amide bonds. The van der Waals surface area contributed by atoms with E-state index < -0.39 is 0 Å². The van der Waals surface area contributed by atoms with Crippen molar-refractivity contribution in [3.63, 3.8) is 0 Å². The second kappa shape index (κ2) is 10.7. The van der Waals surface area contributed by atoms with Crippen molar-refractivity contribution in [2.75, 3.05) is 39.4 Å². The fourth-order valence-electron chi connectivity index (χ4n) is 3.86. The van der Waals surface area contributed by atoms with E-state index in [1.54, 1.807) is 34.1 Å². The van der Waals surface area contributed by atoms with Crippen molar-refractivity contribution >= 4 is 22.6 Å². The van der Waals surface area contributed by atoms with E-state index in [0.29, 0.717) is 45.0 Å². The molecule has 3 aromatic carbocycles. The van der Waals surface area contributed by atoms with Crippen molar-refractivity contribution in [2.24, 2.45) is 0 Å². The van der Waals surface area contributed by atoms with Crippen molar-refractivity contribution in [3.8, 4) is 17.2 Å². The molecule has 0 aliphatic carbocycles. The first-order valence-electron chi connectivity index (χ1n) is 11.2. The second-order valence-electron chi connectivity index (χ2n) is 7.94. The first kappa shape index (κ1) is 22.5. The van der Waals surface area contributed by atoms with Gasteiger partial charge in [0.25, 0.3) is 0 Å². The maximum Gasteiger partial charge on any atom is 0.226 e. The third kappa shape index (κ3) is 5.94. The van der Waals surface area contributed by atoms with Crippen molar-refractivity contribution in [1.82, 2.24) is 9.80 Å². The van der Waals surface area contributed by atoms with Crippen LogP contribution in [-0.2, 0) is 9.59 Å². The number of ether oxygens (including phenoxy) is 2. The summed E-state index contributed by atoms with van der Waals surface area (Å²) in [6.45, 7) is 2.56. The summed E-state index contributed by atoms with van der Waals surface area (Å²) >= 11 is 0. The van der Waals surface area contributed by atoms with Gasteiger partial charge in [-0.25, -0.2) is 0 Å². The number of carbonyl (C=O) groups excluding carboxylic acids is 2. The van der Waals surface area contributed by atoms with Crippen LogP contribution in [0, 0.1) is 0 Å². The lowest BCUT2D eigenvalue weighted by molar-refractivity contribution is -0.140. The number of aromatic hydroxyl groups is 1. The average Bonchev–Trinajstić information content (AvgIpc) is 2.85. The molecular weight excluding hydrogens is 420 g/mol. The van der Waals surface area contributed by atoms with Crippen LogP contribution < -0.4 is 9.47 Å². The largest absolute Gasteiger partial charge is 0.504 e. The lowest BCUT2D eigenvalue weighted by atomic mass is 10.1. The molecule has 1 heterocycles. The zero-order chi connectivity index (χ0) is 23.0. The van der Waals surface area contributed by atoms with Crippen LogP contribution in [0.1, 0.15) is 12.8 Å². The summed E-state index contributed by atoms with van der Waals surface area (Å²) in [5.41, 5.74) is 0. The summed E-state index contributed by atoms with van der Waals surface area (Å²) in [5.74, 6) is 1.19. The molecule has 1 aliphatic heterocycles. The minimum Gasteiger partial charge on any atom is -0.504 e. The Bertz CT molecular complexity index is 1110. The molecule has 3 aromatic rings. The van der Waals surface area contributed by atoms with Crippen LogP contribution >= 0.6 is 0 Å². The highest BCUT2D eigenvalue weighted by Gasteiger charge is 2.24. The van der Waals surface area contributed by atoms with Crippen molar-refractivity contribution in [1.29, 1.82) is 0 Å². The molecule has 33 heavy (non-hydrogen) atoms. The van der Waals surface area contributed by atoms with Gasteiger partial charge in [-0.15, -0.1) is 0 Å². The Morgan fingerprint density at radius 1 is 0.727 bits per heavy atom. The number of fused-ring (bicyclic) bond motifs is 1. The number of hydrogen-bond donors (Lipinski definition) is 1. The van der Waals surface area contributed by atoms with Gasteiger partial charge in [0.05, 0.1) is 26.1 Å². The van der Waals surface area contributed by atoms with Gasteiger partial charge in [0, 0.05) is 26.2 Å².